The van der Waals surface area contributed by atoms with Gasteiger partial charge in [-0.1, -0.05) is 24.6 Å². The van der Waals surface area contributed by atoms with E-state index in [1.54, 1.807) is 0 Å². The number of aliphatic hydroxyl groups is 1. The van der Waals surface area contributed by atoms with E-state index in [1.165, 1.54) is 27.9 Å². The molecule has 23 heavy (non-hydrogen) atoms. The second-order valence-electron chi connectivity index (χ2n) is 6.74. The molecule has 2 aromatic rings. The van der Waals surface area contributed by atoms with Gasteiger partial charge in [0.2, 0.25) is 0 Å². The van der Waals surface area contributed by atoms with Crippen molar-refractivity contribution in [3.63, 3.8) is 0 Å². The highest BCUT2D eigenvalue weighted by Crippen LogP contribution is 2.39. The maximum atomic E-state index is 10.4. The van der Waals surface area contributed by atoms with Crippen LogP contribution in [0, 0.1) is 20.8 Å². The number of rotatable bonds is 3. The Balaban J connectivity index is 2.14. The van der Waals surface area contributed by atoms with Gasteiger partial charge >= 0.3 is 0 Å². The Hall–Kier alpha value is -1.81. The molecule has 1 atom stereocenters. The van der Waals surface area contributed by atoms with Crippen LogP contribution in [0.1, 0.15) is 53.8 Å². The molecule has 1 aromatic carbocycles. The Kier molecular flexibility index (Phi) is 4.19. The van der Waals surface area contributed by atoms with Gasteiger partial charge in [0.1, 0.15) is 0 Å². The van der Waals surface area contributed by atoms with Crippen molar-refractivity contribution in [3.8, 4) is 0 Å². The van der Waals surface area contributed by atoms with Gasteiger partial charge in [-0.2, -0.15) is 5.10 Å². The number of hydrogen-bond acceptors (Lipinski definition) is 3. The van der Waals surface area contributed by atoms with Gasteiger partial charge in [0.25, 0.3) is 0 Å². The number of aryl methyl sites for hydroxylation is 4. The molecule has 2 heterocycles. The Morgan fingerprint density at radius 3 is 2.48 bits per heavy atom. The van der Waals surface area contributed by atoms with E-state index in [4.69, 9.17) is 5.10 Å². The summed E-state index contributed by atoms with van der Waals surface area (Å²) in [5.41, 5.74) is 7.34. The summed E-state index contributed by atoms with van der Waals surface area (Å²) in [6.45, 7) is 9.49. The molecular weight excluding hydrogens is 286 g/mol. The van der Waals surface area contributed by atoms with E-state index >= 15 is 0 Å². The minimum atomic E-state index is -0.434. The molecule has 1 aliphatic rings. The summed E-state index contributed by atoms with van der Waals surface area (Å²) in [4.78, 5) is 2.34. The first kappa shape index (κ1) is 16.1. The topological polar surface area (TPSA) is 41.3 Å². The first-order valence-corrected chi connectivity index (χ1v) is 8.53. The average Bonchev–Trinajstić information content (AvgIpc) is 2.82. The maximum absolute atomic E-state index is 10.4. The standard InChI is InChI=1S/C19H27N3O/c1-6-16(23)18-15-8-7-9-22(19(15)20-21(18)5)17-13(3)10-12(2)11-14(17)4/h10-11,16,23H,6-9H2,1-5H3. The number of hydrogen-bond donors (Lipinski definition) is 1. The summed E-state index contributed by atoms with van der Waals surface area (Å²) in [7, 11) is 1.94. The number of benzene rings is 1. The van der Waals surface area contributed by atoms with Crippen LogP contribution in [0.15, 0.2) is 12.1 Å². The lowest BCUT2D eigenvalue weighted by Gasteiger charge is -2.31. The van der Waals surface area contributed by atoms with Crippen LogP contribution in [0.2, 0.25) is 0 Å². The monoisotopic (exact) mass is 313 g/mol. The zero-order valence-corrected chi connectivity index (χ0v) is 14.8. The number of aromatic nitrogens is 2. The van der Waals surface area contributed by atoms with E-state index in [0.717, 1.165) is 30.9 Å². The first-order valence-electron chi connectivity index (χ1n) is 8.53. The lowest BCUT2D eigenvalue weighted by Crippen LogP contribution is -2.26. The molecule has 0 aliphatic carbocycles. The van der Waals surface area contributed by atoms with Crippen molar-refractivity contribution in [3.05, 3.63) is 40.1 Å². The van der Waals surface area contributed by atoms with Crippen LogP contribution in [0.4, 0.5) is 11.5 Å². The molecule has 0 amide bonds. The van der Waals surface area contributed by atoms with Crippen molar-refractivity contribution >= 4 is 11.5 Å². The lowest BCUT2D eigenvalue weighted by atomic mass is 9.98. The van der Waals surface area contributed by atoms with Crippen LogP contribution in [-0.4, -0.2) is 21.4 Å². The van der Waals surface area contributed by atoms with Gasteiger partial charge in [-0.3, -0.25) is 4.68 Å². The van der Waals surface area contributed by atoms with Gasteiger partial charge in [0, 0.05) is 24.8 Å². The molecule has 124 valence electrons. The van der Waals surface area contributed by atoms with Gasteiger partial charge < -0.3 is 10.0 Å². The summed E-state index contributed by atoms with van der Waals surface area (Å²) in [6.07, 6.45) is 2.37. The normalized spacial score (nSPS) is 15.7. The second-order valence-corrected chi connectivity index (χ2v) is 6.74. The molecule has 0 fully saturated rings. The first-order chi connectivity index (χ1) is 10.9. The van der Waals surface area contributed by atoms with Crippen LogP contribution in [-0.2, 0) is 13.5 Å². The van der Waals surface area contributed by atoms with Crippen LogP contribution < -0.4 is 4.90 Å². The fraction of sp³-hybridized carbons (Fsp3) is 0.526. The molecule has 4 heteroatoms. The number of fused-ring (bicyclic) bond motifs is 1. The summed E-state index contributed by atoms with van der Waals surface area (Å²) < 4.78 is 1.87. The highest BCUT2D eigenvalue weighted by Gasteiger charge is 2.29. The van der Waals surface area contributed by atoms with Gasteiger partial charge in [-0.25, -0.2) is 0 Å². The molecule has 1 aliphatic heterocycles. The predicted molar refractivity (Wildman–Crippen MR) is 94.4 cm³/mol. The van der Waals surface area contributed by atoms with E-state index in [2.05, 4.69) is 37.8 Å². The molecule has 0 saturated heterocycles. The van der Waals surface area contributed by atoms with E-state index in [0.29, 0.717) is 6.42 Å². The summed E-state index contributed by atoms with van der Waals surface area (Å²) >= 11 is 0. The zero-order valence-electron chi connectivity index (χ0n) is 14.8. The Labute approximate surface area is 138 Å². The molecule has 0 bridgehead atoms. The number of aliphatic hydroxyl groups excluding tert-OH is 1. The zero-order chi connectivity index (χ0) is 16.7. The highest BCUT2D eigenvalue weighted by molar-refractivity contribution is 5.71. The Morgan fingerprint density at radius 1 is 1.22 bits per heavy atom. The van der Waals surface area contributed by atoms with Crippen molar-refractivity contribution in [2.24, 2.45) is 7.05 Å². The maximum Gasteiger partial charge on any atom is 0.158 e. The van der Waals surface area contributed by atoms with Crippen molar-refractivity contribution in [1.29, 1.82) is 0 Å². The van der Waals surface area contributed by atoms with E-state index in [1.807, 2.05) is 18.7 Å². The van der Waals surface area contributed by atoms with Crippen LogP contribution >= 0.6 is 0 Å². The molecule has 0 saturated carbocycles. The van der Waals surface area contributed by atoms with Gasteiger partial charge in [0.15, 0.2) is 5.82 Å². The number of nitrogens with zero attached hydrogens (tertiary/aromatic N) is 3. The van der Waals surface area contributed by atoms with Crippen molar-refractivity contribution in [2.75, 3.05) is 11.4 Å². The quantitative estimate of drug-likeness (QED) is 0.935. The summed E-state index contributed by atoms with van der Waals surface area (Å²) in [6, 6.07) is 4.47. The van der Waals surface area contributed by atoms with Crippen molar-refractivity contribution in [1.82, 2.24) is 9.78 Å². The largest absolute Gasteiger partial charge is 0.387 e. The Bertz CT molecular complexity index is 709. The minimum Gasteiger partial charge on any atom is -0.387 e. The smallest absolute Gasteiger partial charge is 0.158 e. The molecule has 1 aromatic heterocycles. The van der Waals surface area contributed by atoms with E-state index < -0.39 is 6.10 Å². The van der Waals surface area contributed by atoms with E-state index in [9.17, 15) is 5.11 Å². The fourth-order valence-corrected chi connectivity index (χ4v) is 3.97. The van der Waals surface area contributed by atoms with Gasteiger partial charge in [-0.05, 0) is 51.2 Å². The molecule has 4 nitrogen and oxygen atoms in total. The molecule has 1 N–H and O–H groups in total. The highest BCUT2D eigenvalue weighted by atomic mass is 16.3. The van der Waals surface area contributed by atoms with Gasteiger partial charge in [-0.15, -0.1) is 0 Å². The van der Waals surface area contributed by atoms with Crippen LogP contribution in [0.25, 0.3) is 0 Å². The molecule has 3 rings (SSSR count). The third kappa shape index (κ3) is 2.65. The molecule has 0 radical (unpaired) electrons. The second kappa shape index (κ2) is 6.00. The van der Waals surface area contributed by atoms with Crippen molar-refractivity contribution < 1.29 is 5.11 Å². The molecule has 0 spiro atoms. The Morgan fingerprint density at radius 2 is 1.87 bits per heavy atom. The molecule has 1 unspecified atom stereocenters. The summed E-state index contributed by atoms with van der Waals surface area (Å²) in [5, 5.41) is 15.1. The third-order valence-electron chi connectivity index (χ3n) is 4.84. The van der Waals surface area contributed by atoms with Crippen molar-refractivity contribution in [2.45, 2.75) is 53.1 Å². The average molecular weight is 313 g/mol. The SMILES string of the molecule is CCC(O)c1c2c(nn1C)N(c1c(C)cc(C)cc1C)CCC2. The third-order valence-corrected chi connectivity index (χ3v) is 4.84. The lowest BCUT2D eigenvalue weighted by molar-refractivity contribution is 0.162. The van der Waals surface area contributed by atoms with Crippen LogP contribution in [0.3, 0.4) is 0 Å². The minimum absolute atomic E-state index is 0.434. The van der Waals surface area contributed by atoms with E-state index in [-0.39, 0.29) is 0 Å². The summed E-state index contributed by atoms with van der Waals surface area (Å²) in [5.74, 6) is 1.02. The fourth-order valence-electron chi connectivity index (χ4n) is 3.97. The number of anilines is 2. The van der Waals surface area contributed by atoms with Gasteiger partial charge in [0.05, 0.1) is 11.8 Å². The molecular formula is C19H27N3O. The van der Waals surface area contributed by atoms with Crippen LogP contribution in [0.5, 0.6) is 0 Å². The predicted octanol–water partition coefficient (Wildman–Crippen LogP) is 3.87.